The molecular weight excluding hydrogens is 416 g/mol. The second-order valence-electron chi connectivity index (χ2n) is 7.60. The number of hydrogen-bond donors (Lipinski definition) is 1. The van der Waals surface area contributed by atoms with Crippen molar-refractivity contribution in [1.82, 2.24) is 9.80 Å². The Labute approximate surface area is 189 Å². The van der Waals surface area contributed by atoms with E-state index in [9.17, 15) is 9.90 Å². The summed E-state index contributed by atoms with van der Waals surface area (Å²) in [6.07, 6.45) is 3.99. The maximum atomic E-state index is 13.0. The van der Waals surface area contributed by atoms with Crippen LogP contribution in [-0.4, -0.2) is 69.1 Å². The summed E-state index contributed by atoms with van der Waals surface area (Å²) in [5.74, 6) is 0.209. The Morgan fingerprint density at radius 3 is 2.39 bits per heavy atom. The minimum absolute atomic E-state index is 0.100. The fourth-order valence-corrected chi connectivity index (χ4v) is 3.46. The summed E-state index contributed by atoms with van der Waals surface area (Å²) in [4.78, 5) is 17.2. The number of methoxy groups -OCH3 is 2. The first-order valence-electron chi connectivity index (χ1n) is 10.1. The van der Waals surface area contributed by atoms with Gasteiger partial charge in [0.1, 0.15) is 22.8 Å². The van der Waals surface area contributed by atoms with Crippen molar-refractivity contribution in [2.45, 2.75) is 13.0 Å². The van der Waals surface area contributed by atoms with Gasteiger partial charge in [0, 0.05) is 17.6 Å². The summed E-state index contributed by atoms with van der Waals surface area (Å²) < 4.78 is 10.8. The number of aromatic hydroxyl groups is 1. The minimum Gasteiger partial charge on any atom is -0.507 e. The molecule has 7 heteroatoms. The van der Waals surface area contributed by atoms with Crippen molar-refractivity contribution in [1.29, 1.82) is 0 Å². The largest absolute Gasteiger partial charge is 0.507 e. The van der Waals surface area contributed by atoms with Gasteiger partial charge in [-0.3, -0.25) is 4.79 Å². The van der Waals surface area contributed by atoms with E-state index in [1.54, 1.807) is 18.2 Å². The summed E-state index contributed by atoms with van der Waals surface area (Å²) in [7, 11) is 9.02. The summed E-state index contributed by atoms with van der Waals surface area (Å²) in [5, 5.41) is 11.6. The topological polar surface area (TPSA) is 62.2 Å². The molecule has 0 atom stereocenters. The number of nitrogens with zero attached hydrogens (tertiary/aromatic N) is 2. The number of halogens is 1. The highest BCUT2D eigenvalue weighted by Crippen LogP contribution is 2.39. The molecule has 0 spiro atoms. The molecule has 0 bridgehead atoms. The molecule has 0 aliphatic rings. The summed E-state index contributed by atoms with van der Waals surface area (Å²) in [6, 6.07) is 8.86. The summed E-state index contributed by atoms with van der Waals surface area (Å²) in [6.45, 7) is 2.23. The minimum atomic E-state index is -0.381. The Morgan fingerprint density at radius 1 is 1.10 bits per heavy atom. The fraction of sp³-hybridized carbons (Fsp3) is 0.375. The maximum Gasteiger partial charge on any atom is 0.193 e. The molecule has 0 radical (unpaired) electrons. The molecule has 168 valence electrons. The number of ketones is 1. The molecule has 0 aromatic heterocycles. The van der Waals surface area contributed by atoms with E-state index in [-0.39, 0.29) is 22.8 Å². The molecule has 0 unspecified atom stereocenters. The third kappa shape index (κ3) is 6.72. The molecule has 0 amide bonds. The number of hydrogen-bond acceptors (Lipinski definition) is 6. The quantitative estimate of drug-likeness (QED) is 0.409. The third-order valence-electron chi connectivity index (χ3n) is 4.91. The number of carbonyl (C=O) groups excluding carboxylic acids is 1. The number of carbonyl (C=O) groups is 1. The Bertz CT molecular complexity index is 928. The molecule has 0 heterocycles. The van der Waals surface area contributed by atoms with E-state index in [0.717, 1.165) is 19.5 Å². The van der Waals surface area contributed by atoms with Crippen LogP contribution in [0.15, 0.2) is 36.4 Å². The van der Waals surface area contributed by atoms with Gasteiger partial charge < -0.3 is 24.4 Å². The van der Waals surface area contributed by atoms with Crippen LogP contribution in [0, 0.1) is 0 Å². The molecule has 0 saturated heterocycles. The van der Waals surface area contributed by atoms with Crippen molar-refractivity contribution in [3.63, 3.8) is 0 Å². The lowest BCUT2D eigenvalue weighted by molar-refractivity contribution is 0.104. The van der Waals surface area contributed by atoms with Gasteiger partial charge in [0.25, 0.3) is 0 Å². The molecule has 6 nitrogen and oxygen atoms in total. The monoisotopic (exact) mass is 446 g/mol. The van der Waals surface area contributed by atoms with Crippen LogP contribution in [0.2, 0.25) is 5.02 Å². The van der Waals surface area contributed by atoms with Gasteiger partial charge in [-0.15, -0.1) is 0 Å². The molecule has 31 heavy (non-hydrogen) atoms. The van der Waals surface area contributed by atoms with Gasteiger partial charge in [-0.1, -0.05) is 29.8 Å². The predicted octanol–water partition coefficient (Wildman–Crippen LogP) is 4.34. The lowest BCUT2D eigenvalue weighted by atomic mass is 10.0. The predicted molar refractivity (Wildman–Crippen MR) is 126 cm³/mol. The molecule has 0 aliphatic carbocycles. The molecule has 2 aromatic rings. The van der Waals surface area contributed by atoms with E-state index in [1.807, 2.05) is 39.3 Å². The standard InChI is InChI=1S/C24H31ClN2O4/c1-26(2)13-8-14-27(3)16-18-21(30-4)15-22(31-5)23(24(18)29)20(28)12-11-17-9-6-7-10-19(17)25/h6-7,9-12,15,29H,8,13-14,16H2,1-5H3/b12-11+. The van der Waals surface area contributed by atoms with Crippen LogP contribution in [0.4, 0.5) is 0 Å². The van der Waals surface area contributed by atoms with Crippen LogP contribution in [-0.2, 0) is 6.54 Å². The van der Waals surface area contributed by atoms with E-state index in [2.05, 4.69) is 9.80 Å². The number of rotatable bonds is 11. The van der Waals surface area contributed by atoms with Crippen molar-refractivity contribution in [2.75, 3.05) is 48.5 Å². The van der Waals surface area contributed by atoms with Crippen molar-refractivity contribution >= 4 is 23.5 Å². The normalized spacial score (nSPS) is 11.5. The Hall–Kier alpha value is -2.54. The van der Waals surface area contributed by atoms with Crippen molar-refractivity contribution in [2.24, 2.45) is 0 Å². The highest BCUT2D eigenvalue weighted by atomic mass is 35.5. The van der Waals surface area contributed by atoms with E-state index in [4.69, 9.17) is 21.1 Å². The molecule has 1 N–H and O–H groups in total. The van der Waals surface area contributed by atoms with Crippen LogP contribution < -0.4 is 9.47 Å². The van der Waals surface area contributed by atoms with E-state index >= 15 is 0 Å². The van der Waals surface area contributed by atoms with Gasteiger partial charge in [-0.05, 0) is 64.4 Å². The van der Waals surface area contributed by atoms with Gasteiger partial charge in [-0.25, -0.2) is 0 Å². The molecule has 0 saturated carbocycles. The second kappa shape index (κ2) is 11.7. The van der Waals surface area contributed by atoms with Crippen molar-refractivity contribution in [3.05, 3.63) is 58.1 Å². The van der Waals surface area contributed by atoms with Crippen molar-refractivity contribution in [3.8, 4) is 17.2 Å². The smallest absolute Gasteiger partial charge is 0.193 e. The van der Waals surface area contributed by atoms with Crippen LogP contribution >= 0.6 is 11.6 Å². The van der Waals surface area contributed by atoms with Crippen molar-refractivity contribution < 1.29 is 19.4 Å². The van der Waals surface area contributed by atoms with Crippen LogP contribution in [0.3, 0.4) is 0 Å². The number of ether oxygens (including phenoxy) is 2. The van der Waals surface area contributed by atoms with Gasteiger partial charge >= 0.3 is 0 Å². The fourth-order valence-electron chi connectivity index (χ4n) is 3.26. The first-order valence-corrected chi connectivity index (χ1v) is 10.4. The average Bonchev–Trinajstić information content (AvgIpc) is 2.73. The Balaban J connectivity index is 2.35. The van der Waals surface area contributed by atoms with Gasteiger partial charge in [0.2, 0.25) is 0 Å². The van der Waals surface area contributed by atoms with Gasteiger partial charge in [0.15, 0.2) is 5.78 Å². The van der Waals surface area contributed by atoms with Gasteiger partial charge in [-0.2, -0.15) is 0 Å². The average molecular weight is 447 g/mol. The molecular formula is C24H31ClN2O4. The molecule has 2 aromatic carbocycles. The molecule has 0 fully saturated rings. The number of phenols is 1. The highest BCUT2D eigenvalue weighted by Gasteiger charge is 2.23. The molecule has 2 rings (SSSR count). The first kappa shape index (κ1) is 24.7. The number of allylic oxidation sites excluding steroid dienone is 1. The van der Waals surface area contributed by atoms with E-state index in [1.165, 1.54) is 20.3 Å². The lowest BCUT2D eigenvalue weighted by Crippen LogP contribution is -2.24. The molecule has 0 aliphatic heterocycles. The number of phenolic OH excluding ortho intramolecular Hbond substituents is 1. The van der Waals surface area contributed by atoms with Crippen LogP contribution in [0.25, 0.3) is 6.08 Å². The zero-order valence-electron chi connectivity index (χ0n) is 18.8. The zero-order valence-corrected chi connectivity index (χ0v) is 19.6. The summed E-state index contributed by atoms with van der Waals surface area (Å²) >= 11 is 6.17. The van der Waals surface area contributed by atoms with E-state index in [0.29, 0.717) is 28.4 Å². The Morgan fingerprint density at radius 2 is 1.77 bits per heavy atom. The lowest BCUT2D eigenvalue weighted by Gasteiger charge is -2.22. The zero-order chi connectivity index (χ0) is 23.0. The maximum absolute atomic E-state index is 13.0. The SMILES string of the molecule is COc1cc(OC)c(C(=O)/C=C/c2ccccc2Cl)c(O)c1CN(C)CCCN(C)C. The third-order valence-corrected chi connectivity index (χ3v) is 5.25. The van der Waals surface area contributed by atoms with Gasteiger partial charge in [0.05, 0.1) is 19.8 Å². The highest BCUT2D eigenvalue weighted by molar-refractivity contribution is 6.32. The summed E-state index contributed by atoms with van der Waals surface area (Å²) in [5.41, 5.74) is 1.36. The Kier molecular flexibility index (Phi) is 9.37. The van der Waals surface area contributed by atoms with Crippen LogP contribution in [0.1, 0.15) is 27.9 Å². The number of benzene rings is 2. The first-order chi connectivity index (χ1) is 14.8. The van der Waals surface area contributed by atoms with E-state index < -0.39 is 0 Å². The van der Waals surface area contributed by atoms with Crippen LogP contribution in [0.5, 0.6) is 17.2 Å². The second-order valence-corrected chi connectivity index (χ2v) is 8.00.